The van der Waals surface area contributed by atoms with E-state index < -0.39 is 0 Å². The first-order chi connectivity index (χ1) is 8.34. The van der Waals surface area contributed by atoms with Gasteiger partial charge in [0.15, 0.2) is 0 Å². The average molecular weight is 250 g/mol. The average Bonchev–Trinajstić information content (AvgIpc) is 2.74. The van der Waals surface area contributed by atoms with E-state index in [1.165, 1.54) is 19.3 Å². The van der Waals surface area contributed by atoms with E-state index in [9.17, 15) is 9.59 Å². The summed E-state index contributed by atoms with van der Waals surface area (Å²) in [5, 5.41) is 2.64. The molecule has 0 aromatic rings. The third kappa shape index (κ3) is 1.44. The highest BCUT2D eigenvalue weighted by Crippen LogP contribution is 2.64. The van der Waals surface area contributed by atoms with E-state index in [4.69, 9.17) is 0 Å². The van der Waals surface area contributed by atoms with Crippen LogP contribution in [0.25, 0.3) is 0 Å². The minimum Gasteiger partial charge on any atom is -0.345 e. The molecule has 2 aliphatic carbocycles. The predicted molar refractivity (Wildman–Crippen MR) is 67.7 cm³/mol. The number of hydrogen-bond acceptors (Lipinski definition) is 2. The van der Waals surface area contributed by atoms with Crippen molar-refractivity contribution in [3.05, 3.63) is 0 Å². The first kappa shape index (κ1) is 12.0. The molecule has 3 unspecified atom stereocenters. The zero-order valence-electron chi connectivity index (χ0n) is 11.5. The molecule has 1 heterocycles. The van der Waals surface area contributed by atoms with Gasteiger partial charge in [-0.2, -0.15) is 0 Å². The second-order valence-corrected chi connectivity index (χ2v) is 7.12. The van der Waals surface area contributed by atoms with Crippen molar-refractivity contribution in [2.24, 2.45) is 16.7 Å². The number of nitrogens with zero attached hydrogens (tertiary/aromatic N) is 1. The van der Waals surface area contributed by atoms with Gasteiger partial charge in [0.05, 0.1) is 13.1 Å². The molecule has 100 valence electrons. The summed E-state index contributed by atoms with van der Waals surface area (Å²) in [7, 11) is 0. The summed E-state index contributed by atoms with van der Waals surface area (Å²) >= 11 is 0. The Hall–Kier alpha value is -1.06. The molecule has 3 aliphatic rings. The van der Waals surface area contributed by atoms with Gasteiger partial charge in [-0.3, -0.25) is 9.59 Å². The highest BCUT2D eigenvalue weighted by molar-refractivity contribution is 5.92. The van der Waals surface area contributed by atoms with Crippen LogP contribution in [0.15, 0.2) is 0 Å². The molecule has 4 heteroatoms. The zero-order chi connectivity index (χ0) is 13.1. The number of hydrogen-bond donors (Lipinski definition) is 1. The van der Waals surface area contributed by atoms with E-state index in [0.29, 0.717) is 5.92 Å². The van der Waals surface area contributed by atoms with Gasteiger partial charge in [-0.25, -0.2) is 0 Å². The van der Waals surface area contributed by atoms with Gasteiger partial charge >= 0.3 is 0 Å². The molecule has 1 aliphatic heterocycles. The summed E-state index contributed by atoms with van der Waals surface area (Å²) in [4.78, 5) is 25.6. The van der Waals surface area contributed by atoms with Crippen LogP contribution in [0.1, 0.15) is 40.0 Å². The first-order valence-corrected chi connectivity index (χ1v) is 6.91. The lowest BCUT2D eigenvalue weighted by Gasteiger charge is -2.49. The SMILES string of the molecule is CC12CCC(C1)C(C)(C)C2N1CC(=O)NCC1=O. The Morgan fingerprint density at radius 2 is 2.00 bits per heavy atom. The lowest BCUT2D eigenvalue weighted by atomic mass is 9.67. The molecule has 3 rings (SSSR count). The molecule has 3 atom stereocenters. The van der Waals surface area contributed by atoms with E-state index in [1.54, 1.807) is 0 Å². The fourth-order valence-corrected chi connectivity index (χ4v) is 4.86. The van der Waals surface area contributed by atoms with Gasteiger partial charge in [0, 0.05) is 6.04 Å². The summed E-state index contributed by atoms with van der Waals surface area (Å²) in [5.74, 6) is 0.767. The molecule has 3 fully saturated rings. The molecule has 0 radical (unpaired) electrons. The minimum absolute atomic E-state index is 0.0169. The van der Waals surface area contributed by atoms with Gasteiger partial charge in [-0.05, 0) is 36.0 Å². The lowest BCUT2D eigenvalue weighted by molar-refractivity contribution is -0.149. The fourth-order valence-electron chi connectivity index (χ4n) is 4.86. The zero-order valence-corrected chi connectivity index (χ0v) is 11.5. The second kappa shape index (κ2) is 3.49. The number of rotatable bonds is 1. The Morgan fingerprint density at radius 1 is 1.28 bits per heavy atom. The summed E-state index contributed by atoms with van der Waals surface area (Å²) in [6, 6.07) is 0.224. The van der Waals surface area contributed by atoms with Gasteiger partial charge in [-0.15, -0.1) is 0 Å². The fraction of sp³-hybridized carbons (Fsp3) is 0.857. The van der Waals surface area contributed by atoms with Crippen LogP contribution in [-0.2, 0) is 9.59 Å². The number of carbonyl (C=O) groups excluding carboxylic acids is 2. The van der Waals surface area contributed by atoms with Crippen LogP contribution in [0.4, 0.5) is 0 Å². The van der Waals surface area contributed by atoms with E-state index >= 15 is 0 Å². The maximum Gasteiger partial charge on any atom is 0.242 e. The Labute approximate surface area is 108 Å². The maximum atomic E-state index is 12.1. The quantitative estimate of drug-likeness (QED) is 0.759. The van der Waals surface area contributed by atoms with Crippen molar-refractivity contribution >= 4 is 11.8 Å². The lowest BCUT2D eigenvalue weighted by Crippen LogP contribution is -2.62. The molecule has 0 aromatic heterocycles. The number of piperazine rings is 1. The van der Waals surface area contributed by atoms with Crippen LogP contribution in [0.2, 0.25) is 0 Å². The first-order valence-electron chi connectivity index (χ1n) is 6.91. The number of nitrogens with one attached hydrogen (secondary N) is 1. The molecular weight excluding hydrogens is 228 g/mol. The standard InChI is InChI=1S/C14H22N2O2/c1-13(2)9-4-5-14(3,6-9)12(13)16-8-10(17)15-7-11(16)18/h9,12H,4-8H2,1-3H3,(H,15,17). The molecule has 0 spiro atoms. The Balaban J connectivity index is 1.95. The molecule has 1 saturated heterocycles. The largest absolute Gasteiger partial charge is 0.345 e. The Morgan fingerprint density at radius 3 is 2.61 bits per heavy atom. The van der Waals surface area contributed by atoms with Crippen LogP contribution in [0.5, 0.6) is 0 Å². The monoisotopic (exact) mass is 250 g/mol. The molecule has 2 saturated carbocycles. The number of amides is 2. The predicted octanol–water partition coefficient (Wildman–Crippen LogP) is 1.16. The van der Waals surface area contributed by atoms with Crippen molar-refractivity contribution < 1.29 is 9.59 Å². The van der Waals surface area contributed by atoms with Crippen LogP contribution in [0.3, 0.4) is 0 Å². The van der Waals surface area contributed by atoms with Gasteiger partial charge in [0.2, 0.25) is 11.8 Å². The molecule has 0 aromatic carbocycles. The van der Waals surface area contributed by atoms with Crippen molar-refractivity contribution in [2.45, 2.75) is 46.1 Å². The molecule has 18 heavy (non-hydrogen) atoms. The van der Waals surface area contributed by atoms with Gasteiger partial charge in [0.1, 0.15) is 0 Å². The van der Waals surface area contributed by atoms with E-state index in [1.807, 2.05) is 4.90 Å². The van der Waals surface area contributed by atoms with Crippen molar-refractivity contribution in [2.75, 3.05) is 13.1 Å². The Bertz CT molecular complexity index is 413. The summed E-state index contributed by atoms with van der Waals surface area (Å²) in [6.45, 7) is 7.26. The highest BCUT2D eigenvalue weighted by atomic mass is 16.2. The van der Waals surface area contributed by atoms with Crippen LogP contribution < -0.4 is 5.32 Å². The molecule has 2 amide bonds. The van der Waals surface area contributed by atoms with E-state index in [0.717, 1.165) is 0 Å². The smallest absolute Gasteiger partial charge is 0.242 e. The third-order valence-electron chi connectivity index (χ3n) is 5.58. The third-order valence-corrected chi connectivity index (χ3v) is 5.58. The summed E-state index contributed by atoms with van der Waals surface area (Å²) in [6.07, 6.45) is 3.67. The van der Waals surface area contributed by atoms with E-state index in [2.05, 4.69) is 26.1 Å². The van der Waals surface area contributed by atoms with Crippen molar-refractivity contribution in [3.63, 3.8) is 0 Å². The topological polar surface area (TPSA) is 49.4 Å². The van der Waals surface area contributed by atoms with Crippen molar-refractivity contribution in [3.8, 4) is 0 Å². The second-order valence-electron chi connectivity index (χ2n) is 7.12. The van der Waals surface area contributed by atoms with Gasteiger partial charge < -0.3 is 10.2 Å². The van der Waals surface area contributed by atoms with Crippen molar-refractivity contribution in [1.82, 2.24) is 10.2 Å². The van der Waals surface area contributed by atoms with E-state index in [-0.39, 0.29) is 41.8 Å². The molecule has 4 nitrogen and oxygen atoms in total. The highest BCUT2D eigenvalue weighted by Gasteiger charge is 2.62. The van der Waals surface area contributed by atoms with Crippen LogP contribution in [0, 0.1) is 16.7 Å². The Kier molecular flexibility index (Phi) is 2.32. The molecular formula is C14H22N2O2. The number of carbonyl (C=O) groups is 2. The molecule has 2 bridgehead atoms. The normalized spacial score (nSPS) is 42.3. The summed E-state index contributed by atoms with van der Waals surface area (Å²) < 4.78 is 0. The van der Waals surface area contributed by atoms with Crippen LogP contribution >= 0.6 is 0 Å². The number of fused-ring (bicyclic) bond motifs is 2. The summed E-state index contributed by atoms with van der Waals surface area (Å²) in [5.41, 5.74) is 0.349. The van der Waals surface area contributed by atoms with Gasteiger partial charge in [0.25, 0.3) is 0 Å². The molecule has 1 N–H and O–H groups in total. The van der Waals surface area contributed by atoms with Crippen molar-refractivity contribution in [1.29, 1.82) is 0 Å². The minimum atomic E-state index is -0.0169. The maximum absolute atomic E-state index is 12.1. The van der Waals surface area contributed by atoms with Gasteiger partial charge in [-0.1, -0.05) is 20.8 Å². The van der Waals surface area contributed by atoms with Crippen LogP contribution in [-0.4, -0.2) is 35.8 Å².